The number of carboxylic acid groups (broad SMARTS) is 1. The molecule has 3 rings (SSSR count). The summed E-state index contributed by atoms with van der Waals surface area (Å²) in [6.45, 7) is 0.954. The quantitative estimate of drug-likeness (QED) is 0.791. The van der Waals surface area contributed by atoms with Crippen LogP contribution in [0, 0.1) is 17.7 Å². The minimum Gasteiger partial charge on any atom is -0.481 e. The lowest BCUT2D eigenvalue weighted by molar-refractivity contribution is -0.142. The van der Waals surface area contributed by atoms with Crippen molar-refractivity contribution in [2.24, 2.45) is 11.8 Å². The molecule has 2 fully saturated rings. The van der Waals surface area contributed by atoms with Gasteiger partial charge in [0.1, 0.15) is 5.82 Å². The molecule has 1 aromatic rings. The van der Waals surface area contributed by atoms with Gasteiger partial charge >= 0.3 is 12.0 Å². The molecule has 0 aromatic heterocycles. The fraction of sp³-hybridized carbons (Fsp3) is 0.550. The highest BCUT2D eigenvalue weighted by atomic mass is 19.1. The highest BCUT2D eigenvalue weighted by Gasteiger charge is 2.31. The van der Waals surface area contributed by atoms with E-state index >= 15 is 0 Å². The van der Waals surface area contributed by atoms with Gasteiger partial charge in [-0.3, -0.25) is 9.59 Å². The lowest BCUT2D eigenvalue weighted by atomic mass is 9.86. The molecule has 2 N–H and O–H groups in total. The molecule has 1 heterocycles. The van der Waals surface area contributed by atoms with Crippen molar-refractivity contribution in [3.05, 3.63) is 35.6 Å². The van der Waals surface area contributed by atoms with E-state index in [4.69, 9.17) is 5.11 Å². The maximum absolute atomic E-state index is 13.0. The molecule has 1 aliphatic carbocycles. The van der Waals surface area contributed by atoms with E-state index in [0.29, 0.717) is 50.8 Å². The number of halogens is 1. The van der Waals surface area contributed by atoms with Crippen LogP contribution in [-0.2, 0) is 4.79 Å². The van der Waals surface area contributed by atoms with Crippen LogP contribution in [0.4, 0.5) is 9.18 Å². The van der Waals surface area contributed by atoms with Gasteiger partial charge in [0.05, 0.1) is 5.92 Å². The summed E-state index contributed by atoms with van der Waals surface area (Å²) in [6.07, 6.45) is 3.93. The van der Waals surface area contributed by atoms with Crippen molar-refractivity contribution in [3.8, 4) is 0 Å². The van der Waals surface area contributed by atoms with Crippen LogP contribution in [0.5, 0.6) is 0 Å². The molecular formula is C20H25FN2O4. The predicted molar refractivity (Wildman–Crippen MR) is 96.9 cm³/mol. The number of nitrogens with one attached hydrogen (secondary N) is 1. The van der Waals surface area contributed by atoms with Gasteiger partial charge in [0.2, 0.25) is 0 Å². The summed E-state index contributed by atoms with van der Waals surface area (Å²) >= 11 is 0. The van der Waals surface area contributed by atoms with Gasteiger partial charge < -0.3 is 15.3 Å². The number of hydrogen-bond acceptors (Lipinski definition) is 3. The molecule has 6 nitrogen and oxygen atoms in total. The molecule has 2 amide bonds. The molecule has 0 radical (unpaired) electrons. The van der Waals surface area contributed by atoms with Crippen LogP contribution < -0.4 is 5.32 Å². The summed E-state index contributed by atoms with van der Waals surface area (Å²) in [6, 6.07) is 5.31. The molecule has 27 heavy (non-hydrogen) atoms. The molecule has 1 atom stereocenters. The average molecular weight is 376 g/mol. The zero-order valence-corrected chi connectivity index (χ0v) is 15.2. The Hall–Kier alpha value is -2.44. The van der Waals surface area contributed by atoms with E-state index in [-0.39, 0.29) is 35.5 Å². The number of likely N-dealkylation sites (tertiary alicyclic amines) is 1. The van der Waals surface area contributed by atoms with Gasteiger partial charge in [0.15, 0.2) is 5.78 Å². The fourth-order valence-electron chi connectivity index (χ4n) is 3.98. The van der Waals surface area contributed by atoms with Gasteiger partial charge in [-0.05, 0) is 62.8 Å². The van der Waals surface area contributed by atoms with Crippen LogP contribution in [-0.4, -0.2) is 46.9 Å². The van der Waals surface area contributed by atoms with Gasteiger partial charge in [-0.1, -0.05) is 0 Å². The first-order valence-corrected chi connectivity index (χ1v) is 9.52. The Bertz CT molecular complexity index is 698. The van der Waals surface area contributed by atoms with Gasteiger partial charge in [-0.15, -0.1) is 0 Å². The number of Topliss-reactive ketones (excluding diaryl/α,β-unsaturated/α-hetero) is 1. The van der Waals surface area contributed by atoms with Gasteiger partial charge in [0.25, 0.3) is 0 Å². The van der Waals surface area contributed by atoms with E-state index in [1.807, 2.05) is 0 Å². The molecule has 1 saturated heterocycles. The van der Waals surface area contributed by atoms with Crippen molar-refractivity contribution in [1.82, 2.24) is 10.2 Å². The average Bonchev–Trinajstić information content (AvgIpc) is 2.68. The third-order valence-corrected chi connectivity index (χ3v) is 5.61. The number of amides is 2. The van der Waals surface area contributed by atoms with E-state index in [2.05, 4.69) is 5.32 Å². The number of piperidine rings is 1. The summed E-state index contributed by atoms with van der Waals surface area (Å²) in [7, 11) is 0. The molecule has 1 unspecified atom stereocenters. The maximum atomic E-state index is 13.0. The largest absolute Gasteiger partial charge is 0.481 e. The first-order chi connectivity index (χ1) is 12.9. The van der Waals surface area contributed by atoms with E-state index in [1.165, 1.54) is 24.3 Å². The predicted octanol–water partition coefficient (Wildman–Crippen LogP) is 3.07. The Morgan fingerprint density at radius 1 is 1.00 bits per heavy atom. The van der Waals surface area contributed by atoms with Crippen molar-refractivity contribution < 1.29 is 23.9 Å². The number of hydrogen-bond donors (Lipinski definition) is 2. The topological polar surface area (TPSA) is 86.7 Å². The number of aliphatic carboxylic acids is 1. The van der Waals surface area contributed by atoms with Crippen LogP contribution in [0.1, 0.15) is 48.9 Å². The molecule has 146 valence electrons. The number of nitrogens with zero attached hydrogens (tertiary/aromatic N) is 1. The second-order valence-electron chi connectivity index (χ2n) is 7.49. The number of rotatable bonds is 4. The van der Waals surface area contributed by atoms with Crippen molar-refractivity contribution in [2.45, 2.75) is 44.6 Å². The lowest BCUT2D eigenvalue weighted by Crippen LogP contribution is -2.50. The monoisotopic (exact) mass is 376 g/mol. The fourth-order valence-corrected chi connectivity index (χ4v) is 3.98. The molecule has 0 spiro atoms. The molecule has 1 saturated carbocycles. The molecule has 2 aliphatic rings. The molecular weight excluding hydrogens is 351 g/mol. The highest BCUT2D eigenvalue weighted by Crippen LogP contribution is 2.25. The number of carboxylic acids is 1. The maximum Gasteiger partial charge on any atom is 0.317 e. The van der Waals surface area contributed by atoms with Crippen LogP contribution in [0.2, 0.25) is 0 Å². The second-order valence-corrected chi connectivity index (χ2v) is 7.49. The number of carbonyl (C=O) groups is 3. The molecule has 1 aliphatic heterocycles. The Morgan fingerprint density at radius 3 is 2.30 bits per heavy atom. The van der Waals surface area contributed by atoms with Crippen LogP contribution in [0.25, 0.3) is 0 Å². The number of benzene rings is 1. The Morgan fingerprint density at radius 2 is 1.67 bits per heavy atom. The Labute approximate surface area is 157 Å². The van der Waals surface area contributed by atoms with Crippen molar-refractivity contribution >= 4 is 17.8 Å². The molecule has 1 aromatic carbocycles. The summed E-state index contributed by atoms with van der Waals surface area (Å²) in [5.74, 6) is -1.80. The number of ketones is 1. The molecule has 7 heteroatoms. The van der Waals surface area contributed by atoms with Gasteiger partial charge in [0, 0.05) is 30.6 Å². The third kappa shape index (κ3) is 4.84. The molecule has 0 bridgehead atoms. The smallest absolute Gasteiger partial charge is 0.317 e. The van der Waals surface area contributed by atoms with Crippen molar-refractivity contribution in [2.75, 3.05) is 13.1 Å². The number of urea groups is 1. The SMILES string of the molecule is O=C(O)C1CCC(NC(=O)N2CCCC(C(=O)c3ccc(F)cc3)C2)CC1. The van der Waals surface area contributed by atoms with E-state index < -0.39 is 5.97 Å². The zero-order chi connectivity index (χ0) is 19.4. The summed E-state index contributed by atoms with van der Waals surface area (Å²) in [5, 5.41) is 12.0. The highest BCUT2D eigenvalue weighted by molar-refractivity contribution is 5.98. The van der Waals surface area contributed by atoms with Gasteiger partial charge in [-0.25, -0.2) is 9.18 Å². The van der Waals surface area contributed by atoms with Crippen LogP contribution in [0.3, 0.4) is 0 Å². The summed E-state index contributed by atoms with van der Waals surface area (Å²) in [5.41, 5.74) is 0.468. The minimum absolute atomic E-state index is 0.0127. The van der Waals surface area contributed by atoms with E-state index in [9.17, 15) is 18.8 Å². The number of carbonyl (C=O) groups excluding carboxylic acids is 2. The van der Waals surface area contributed by atoms with Crippen LogP contribution in [0.15, 0.2) is 24.3 Å². The summed E-state index contributed by atoms with van der Waals surface area (Å²) < 4.78 is 13.0. The normalized spacial score (nSPS) is 25.7. The zero-order valence-electron chi connectivity index (χ0n) is 15.2. The van der Waals surface area contributed by atoms with Gasteiger partial charge in [-0.2, -0.15) is 0 Å². The standard InChI is InChI=1S/C20H25FN2O4/c21-16-7-3-13(4-8-16)18(24)15-2-1-11-23(12-15)20(27)22-17-9-5-14(6-10-17)19(25)26/h3-4,7-8,14-15,17H,1-2,5-6,9-12H2,(H,22,27)(H,25,26). The van der Waals surface area contributed by atoms with Crippen molar-refractivity contribution in [3.63, 3.8) is 0 Å². The minimum atomic E-state index is -0.766. The van der Waals surface area contributed by atoms with E-state index in [0.717, 1.165) is 6.42 Å². The Balaban J connectivity index is 1.53. The van der Waals surface area contributed by atoms with Crippen molar-refractivity contribution in [1.29, 1.82) is 0 Å². The first-order valence-electron chi connectivity index (χ1n) is 9.52. The van der Waals surface area contributed by atoms with E-state index in [1.54, 1.807) is 4.90 Å². The third-order valence-electron chi connectivity index (χ3n) is 5.61. The van der Waals surface area contributed by atoms with Crippen LogP contribution >= 0.6 is 0 Å². The second kappa shape index (κ2) is 8.50. The summed E-state index contributed by atoms with van der Waals surface area (Å²) in [4.78, 5) is 37.9. The lowest BCUT2D eigenvalue weighted by Gasteiger charge is -2.34. The Kier molecular flexibility index (Phi) is 6.08. The first kappa shape index (κ1) is 19.3.